The van der Waals surface area contributed by atoms with Crippen molar-refractivity contribution in [2.24, 2.45) is 0 Å². The molecular formula is C11H16NPS2. The van der Waals surface area contributed by atoms with Crippen molar-refractivity contribution in [1.29, 1.82) is 0 Å². The molecule has 1 aromatic carbocycles. The van der Waals surface area contributed by atoms with E-state index < -0.39 is 5.39 Å². The van der Waals surface area contributed by atoms with Gasteiger partial charge in [-0.3, -0.25) is 4.67 Å². The van der Waals surface area contributed by atoms with Crippen LogP contribution in [0.3, 0.4) is 0 Å². The number of piperidine rings is 1. The van der Waals surface area contributed by atoms with Gasteiger partial charge in [0.1, 0.15) is 0 Å². The van der Waals surface area contributed by atoms with Crippen molar-refractivity contribution in [2.45, 2.75) is 19.3 Å². The Bertz CT molecular complexity index is 360. The molecule has 82 valence electrons. The molecule has 0 bridgehead atoms. The fourth-order valence-corrected chi connectivity index (χ4v) is 5.44. The molecule has 1 heterocycles. The van der Waals surface area contributed by atoms with Crippen LogP contribution in [0.15, 0.2) is 30.3 Å². The lowest BCUT2D eigenvalue weighted by molar-refractivity contribution is 0.375. The summed E-state index contributed by atoms with van der Waals surface area (Å²) < 4.78 is 2.41. The summed E-state index contributed by atoms with van der Waals surface area (Å²) in [5.74, 6) is 0. The third-order valence-electron chi connectivity index (χ3n) is 2.81. The zero-order valence-corrected chi connectivity index (χ0v) is 11.3. The van der Waals surface area contributed by atoms with Gasteiger partial charge >= 0.3 is 0 Å². The molecule has 1 nitrogen and oxygen atoms in total. The van der Waals surface area contributed by atoms with Crippen molar-refractivity contribution in [1.82, 2.24) is 4.67 Å². The second-order valence-corrected chi connectivity index (χ2v) is 10.2. The van der Waals surface area contributed by atoms with Crippen LogP contribution in [0.25, 0.3) is 0 Å². The molecule has 1 atom stereocenters. The number of hydrogen-bond acceptors (Lipinski definition) is 1. The van der Waals surface area contributed by atoms with Crippen LogP contribution in [0.5, 0.6) is 0 Å². The Labute approximate surface area is 102 Å². The largest absolute Gasteiger partial charge is 0.264 e. The summed E-state index contributed by atoms with van der Waals surface area (Å²) in [5.41, 5.74) is 0. The maximum Gasteiger partial charge on any atom is 0.0923 e. The summed E-state index contributed by atoms with van der Waals surface area (Å²) in [5, 5.41) is -0.532. The molecule has 0 aromatic heterocycles. The minimum atomic E-state index is -1.76. The van der Waals surface area contributed by atoms with Gasteiger partial charge in [-0.15, -0.1) is 12.2 Å². The SMILES string of the molecule is S=P(S)(c1ccccc1)N1CCCCC1. The first kappa shape index (κ1) is 11.7. The van der Waals surface area contributed by atoms with E-state index in [9.17, 15) is 0 Å². The van der Waals surface area contributed by atoms with Gasteiger partial charge in [-0.2, -0.15) is 0 Å². The van der Waals surface area contributed by atoms with E-state index in [4.69, 9.17) is 24.1 Å². The number of nitrogens with zero attached hydrogens (tertiary/aromatic N) is 1. The number of thiol groups is 1. The van der Waals surface area contributed by atoms with E-state index in [0.717, 1.165) is 13.1 Å². The normalized spacial score (nSPS) is 22.2. The zero-order valence-electron chi connectivity index (χ0n) is 8.67. The summed E-state index contributed by atoms with van der Waals surface area (Å²) in [7, 11) is 0. The Kier molecular flexibility index (Phi) is 3.89. The van der Waals surface area contributed by atoms with E-state index in [0.29, 0.717) is 0 Å². The predicted molar refractivity (Wildman–Crippen MR) is 74.8 cm³/mol. The topological polar surface area (TPSA) is 3.24 Å². The van der Waals surface area contributed by atoms with Crippen molar-refractivity contribution in [3.05, 3.63) is 30.3 Å². The van der Waals surface area contributed by atoms with E-state index in [1.807, 2.05) is 6.07 Å². The van der Waals surface area contributed by atoms with Crippen LogP contribution >= 0.6 is 17.6 Å². The molecule has 4 heteroatoms. The molecule has 1 unspecified atom stereocenters. The molecule has 0 amide bonds. The molecule has 0 N–H and O–H groups in total. The van der Waals surface area contributed by atoms with E-state index in [1.54, 1.807) is 0 Å². The fourth-order valence-electron chi connectivity index (χ4n) is 1.93. The lowest BCUT2D eigenvalue weighted by Gasteiger charge is -2.34. The quantitative estimate of drug-likeness (QED) is 0.641. The van der Waals surface area contributed by atoms with Crippen LogP contribution < -0.4 is 5.30 Å². The number of rotatable bonds is 2. The average molecular weight is 257 g/mol. The van der Waals surface area contributed by atoms with E-state index in [1.165, 1.54) is 24.6 Å². The Morgan fingerprint density at radius 1 is 1.07 bits per heavy atom. The van der Waals surface area contributed by atoms with Crippen LogP contribution in [-0.2, 0) is 11.8 Å². The molecule has 2 rings (SSSR count). The van der Waals surface area contributed by atoms with Gasteiger partial charge in [-0.1, -0.05) is 48.6 Å². The molecule has 15 heavy (non-hydrogen) atoms. The van der Waals surface area contributed by atoms with Crippen molar-refractivity contribution in [3.63, 3.8) is 0 Å². The average Bonchev–Trinajstić information content (AvgIpc) is 2.31. The Hall–Kier alpha value is 0.180. The summed E-state index contributed by atoms with van der Waals surface area (Å²) in [4.78, 5) is 0. The van der Waals surface area contributed by atoms with Crippen LogP contribution in [0.4, 0.5) is 0 Å². The Morgan fingerprint density at radius 2 is 1.67 bits per heavy atom. The summed E-state index contributed by atoms with van der Waals surface area (Å²) >= 11 is 10.5. The third kappa shape index (κ3) is 2.65. The number of hydrogen-bond donors (Lipinski definition) is 1. The Balaban J connectivity index is 2.22. The molecule has 1 aromatic rings. The maximum atomic E-state index is 5.73. The van der Waals surface area contributed by atoms with E-state index in [-0.39, 0.29) is 0 Å². The molecule has 1 aliphatic heterocycles. The highest BCUT2D eigenvalue weighted by Crippen LogP contribution is 2.54. The predicted octanol–water partition coefficient (Wildman–Crippen LogP) is 3.04. The molecule has 1 saturated heterocycles. The third-order valence-corrected chi connectivity index (χ3v) is 7.72. The van der Waals surface area contributed by atoms with Crippen LogP contribution in [0, 0.1) is 0 Å². The van der Waals surface area contributed by atoms with Crippen LogP contribution in [-0.4, -0.2) is 17.8 Å². The minimum Gasteiger partial charge on any atom is -0.264 e. The van der Waals surface area contributed by atoms with Crippen molar-refractivity contribution in [3.8, 4) is 0 Å². The van der Waals surface area contributed by atoms with Gasteiger partial charge in [0.05, 0.1) is 5.39 Å². The summed E-state index contributed by atoms with van der Waals surface area (Å²) in [6.07, 6.45) is 3.88. The molecule has 0 spiro atoms. The van der Waals surface area contributed by atoms with Crippen molar-refractivity contribution in [2.75, 3.05) is 13.1 Å². The molecule has 1 aliphatic rings. The molecule has 0 saturated carbocycles. The van der Waals surface area contributed by atoms with Gasteiger partial charge in [0, 0.05) is 18.4 Å². The fraction of sp³-hybridized carbons (Fsp3) is 0.455. The summed E-state index contributed by atoms with van der Waals surface area (Å²) in [6, 6.07) is 10.4. The van der Waals surface area contributed by atoms with Crippen molar-refractivity contribution >= 4 is 34.8 Å². The molecule has 0 radical (unpaired) electrons. The number of benzene rings is 1. The smallest absolute Gasteiger partial charge is 0.0923 e. The van der Waals surface area contributed by atoms with Gasteiger partial charge < -0.3 is 0 Å². The zero-order chi connectivity index (χ0) is 10.7. The molecule has 0 aliphatic carbocycles. The molecular weight excluding hydrogens is 241 g/mol. The van der Waals surface area contributed by atoms with Gasteiger partial charge in [-0.25, -0.2) is 0 Å². The van der Waals surface area contributed by atoms with E-state index in [2.05, 4.69) is 28.9 Å². The second-order valence-electron chi connectivity index (χ2n) is 3.89. The van der Waals surface area contributed by atoms with Gasteiger partial charge in [0.15, 0.2) is 0 Å². The highest BCUT2D eigenvalue weighted by Gasteiger charge is 2.24. The van der Waals surface area contributed by atoms with Gasteiger partial charge in [0.25, 0.3) is 0 Å². The van der Waals surface area contributed by atoms with Crippen molar-refractivity contribution < 1.29 is 0 Å². The minimum absolute atomic E-state index is 1.12. The molecule has 1 fully saturated rings. The lowest BCUT2D eigenvalue weighted by Crippen LogP contribution is -2.28. The Morgan fingerprint density at radius 3 is 2.27 bits per heavy atom. The standard InChI is InChI=1S/C11H16NPS2/c14-13(15,11-7-3-1-4-8-11)12-9-5-2-6-10-12/h1,3-4,7-8H,2,5-6,9-10H2,(H,14,15). The van der Waals surface area contributed by atoms with Gasteiger partial charge in [0.2, 0.25) is 0 Å². The second kappa shape index (κ2) is 5.01. The first-order chi connectivity index (χ1) is 7.21. The monoisotopic (exact) mass is 257 g/mol. The highest BCUT2D eigenvalue weighted by atomic mass is 32.9. The highest BCUT2D eigenvalue weighted by molar-refractivity contribution is 8.65. The maximum absolute atomic E-state index is 5.73. The first-order valence-corrected chi connectivity index (χ1v) is 9.26. The summed E-state index contributed by atoms with van der Waals surface area (Å²) in [6.45, 7) is 2.24. The van der Waals surface area contributed by atoms with Crippen LogP contribution in [0.2, 0.25) is 0 Å². The van der Waals surface area contributed by atoms with Gasteiger partial charge in [-0.05, 0) is 12.8 Å². The first-order valence-electron chi connectivity index (χ1n) is 5.35. The van der Waals surface area contributed by atoms with E-state index >= 15 is 0 Å². The van der Waals surface area contributed by atoms with Crippen LogP contribution in [0.1, 0.15) is 19.3 Å². The lowest BCUT2D eigenvalue weighted by atomic mass is 10.2.